The van der Waals surface area contributed by atoms with E-state index in [2.05, 4.69) is 27.9 Å². The van der Waals surface area contributed by atoms with Gasteiger partial charge in [0, 0.05) is 45.2 Å². The zero-order valence-corrected chi connectivity index (χ0v) is 22.4. The third-order valence-corrected chi connectivity index (χ3v) is 7.17. The predicted octanol–water partition coefficient (Wildman–Crippen LogP) is 2.27. The van der Waals surface area contributed by atoms with E-state index in [0.717, 1.165) is 24.2 Å². The molecule has 3 atom stereocenters. The Morgan fingerprint density at radius 1 is 1.16 bits per heavy atom. The van der Waals surface area contributed by atoms with Crippen LogP contribution in [0.4, 0.5) is 4.79 Å². The van der Waals surface area contributed by atoms with Crippen LogP contribution in [0.25, 0.3) is 0 Å². The van der Waals surface area contributed by atoms with Crippen molar-refractivity contribution < 1.29 is 19.1 Å². The molecule has 10 nitrogen and oxygen atoms in total. The molecule has 0 unspecified atom stereocenters. The van der Waals surface area contributed by atoms with Crippen molar-refractivity contribution in [2.24, 2.45) is 10.9 Å². The molecule has 3 amide bonds. The number of urea groups is 1. The zero-order valence-electron chi connectivity index (χ0n) is 22.4. The van der Waals surface area contributed by atoms with Crippen molar-refractivity contribution in [3.05, 3.63) is 59.7 Å². The molecule has 5 rings (SSSR count). The number of rotatable bonds is 6. The van der Waals surface area contributed by atoms with Crippen LogP contribution in [-0.4, -0.2) is 91.6 Å². The third kappa shape index (κ3) is 5.19. The van der Waals surface area contributed by atoms with Crippen LogP contribution < -0.4 is 20.2 Å². The largest absolute Gasteiger partial charge is 0.497 e. The van der Waals surface area contributed by atoms with Gasteiger partial charge < -0.3 is 19.7 Å². The summed E-state index contributed by atoms with van der Waals surface area (Å²) in [7, 11) is 3.62. The topological polar surface area (TPSA) is 98.7 Å². The lowest BCUT2D eigenvalue weighted by Crippen LogP contribution is -2.58. The number of nitrogens with one attached hydrogen (secondary N) is 2. The van der Waals surface area contributed by atoms with Crippen LogP contribution in [0.15, 0.2) is 53.5 Å². The van der Waals surface area contributed by atoms with E-state index < -0.39 is 0 Å². The first kappa shape index (κ1) is 26.0. The summed E-state index contributed by atoms with van der Waals surface area (Å²) in [4.78, 5) is 35.2. The quantitative estimate of drug-likeness (QED) is 0.607. The van der Waals surface area contributed by atoms with Gasteiger partial charge in [0.1, 0.15) is 23.9 Å². The molecule has 2 fully saturated rings. The van der Waals surface area contributed by atoms with E-state index in [1.807, 2.05) is 62.2 Å². The average molecular weight is 521 g/mol. The molecule has 2 N–H and O–H groups in total. The first-order valence-corrected chi connectivity index (χ1v) is 13.1. The van der Waals surface area contributed by atoms with Crippen molar-refractivity contribution in [1.82, 2.24) is 25.6 Å². The molecule has 0 spiro atoms. The van der Waals surface area contributed by atoms with Gasteiger partial charge in [0.2, 0.25) is 5.91 Å². The molecular formula is C28H36N6O4. The maximum atomic E-state index is 14.3. The molecule has 10 heteroatoms. The summed E-state index contributed by atoms with van der Waals surface area (Å²) >= 11 is 0. The number of hydrogen-bond acceptors (Lipinski definition) is 7. The number of hydrogen-bond donors (Lipinski definition) is 2. The summed E-state index contributed by atoms with van der Waals surface area (Å²) < 4.78 is 11.7. The molecule has 3 aliphatic rings. The fourth-order valence-electron chi connectivity index (χ4n) is 5.46. The maximum Gasteiger partial charge on any atom is 0.326 e. The number of hydrazine groups is 1. The van der Waals surface area contributed by atoms with Gasteiger partial charge in [-0.05, 0) is 31.5 Å². The normalized spacial score (nSPS) is 24.0. The predicted molar refractivity (Wildman–Crippen MR) is 144 cm³/mol. The second-order valence-electron chi connectivity index (χ2n) is 10.3. The Balaban J connectivity index is 1.65. The number of amides is 3. The molecule has 0 saturated carbocycles. The van der Waals surface area contributed by atoms with Crippen LogP contribution in [0.3, 0.4) is 0 Å². The highest BCUT2D eigenvalue weighted by atomic mass is 16.5. The van der Waals surface area contributed by atoms with Gasteiger partial charge in [0.25, 0.3) is 0 Å². The Morgan fingerprint density at radius 2 is 1.95 bits per heavy atom. The SMILES string of the molecule is COc1ccc(C2=N[C@H](c3ccccc3)[C@H]([C@H]3CNN(C)C3)N2C(=O)N2CCNC(=O)C2)c(OC(C)C)c1. The highest BCUT2D eigenvalue weighted by Gasteiger charge is 2.48. The van der Waals surface area contributed by atoms with Crippen molar-refractivity contribution in [2.75, 3.05) is 46.9 Å². The van der Waals surface area contributed by atoms with Crippen molar-refractivity contribution in [2.45, 2.75) is 32.0 Å². The molecule has 3 heterocycles. The van der Waals surface area contributed by atoms with Crippen LogP contribution in [-0.2, 0) is 4.79 Å². The van der Waals surface area contributed by atoms with Gasteiger partial charge in [0.05, 0.1) is 30.9 Å². The zero-order chi connectivity index (χ0) is 26.8. The summed E-state index contributed by atoms with van der Waals surface area (Å²) in [6.07, 6.45) is -0.0915. The third-order valence-electron chi connectivity index (χ3n) is 7.17. The first-order chi connectivity index (χ1) is 18.4. The lowest BCUT2D eigenvalue weighted by atomic mass is 9.89. The van der Waals surface area contributed by atoms with Crippen LogP contribution in [0.1, 0.15) is 31.0 Å². The summed E-state index contributed by atoms with van der Waals surface area (Å²) in [6, 6.07) is 15.0. The minimum Gasteiger partial charge on any atom is -0.497 e. The molecular weight excluding hydrogens is 484 g/mol. The molecule has 2 aromatic rings. The number of amidine groups is 1. The second-order valence-corrected chi connectivity index (χ2v) is 10.3. The Kier molecular flexibility index (Phi) is 7.53. The molecule has 202 valence electrons. The van der Waals surface area contributed by atoms with Gasteiger partial charge in [0.15, 0.2) is 0 Å². The molecule has 0 aromatic heterocycles. The molecule has 3 aliphatic heterocycles. The van der Waals surface area contributed by atoms with E-state index >= 15 is 0 Å². The Bertz CT molecular complexity index is 1200. The average Bonchev–Trinajstić information content (AvgIpc) is 3.52. The minimum atomic E-state index is -0.277. The van der Waals surface area contributed by atoms with Crippen LogP contribution in [0.2, 0.25) is 0 Å². The number of carbonyl (C=O) groups excluding carboxylic acids is 2. The lowest BCUT2D eigenvalue weighted by Gasteiger charge is -2.37. The molecule has 2 saturated heterocycles. The van der Waals surface area contributed by atoms with Gasteiger partial charge >= 0.3 is 6.03 Å². The van der Waals surface area contributed by atoms with Crippen LogP contribution in [0.5, 0.6) is 11.5 Å². The summed E-state index contributed by atoms with van der Waals surface area (Å²) in [6.45, 7) is 6.29. The molecule has 0 radical (unpaired) electrons. The highest BCUT2D eigenvalue weighted by molar-refractivity contribution is 6.11. The van der Waals surface area contributed by atoms with E-state index in [1.54, 1.807) is 12.0 Å². The first-order valence-electron chi connectivity index (χ1n) is 13.1. The molecule has 0 bridgehead atoms. The fraction of sp³-hybridized carbons (Fsp3) is 0.464. The number of methoxy groups -OCH3 is 1. The number of benzene rings is 2. The van der Waals surface area contributed by atoms with E-state index in [-0.39, 0.29) is 42.6 Å². The van der Waals surface area contributed by atoms with Crippen molar-refractivity contribution in [3.63, 3.8) is 0 Å². The highest BCUT2D eigenvalue weighted by Crippen LogP contribution is 2.41. The van der Waals surface area contributed by atoms with Crippen molar-refractivity contribution >= 4 is 17.8 Å². The number of piperazine rings is 1. The fourth-order valence-corrected chi connectivity index (χ4v) is 5.46. The number of carbonyl (C=O) groups is 2. The standard InChI is InChI=1S/C28H36N6O4/c1-18(2)38-23-14-21(37-4)10-11-22(23)27-31-25(19-8-6-5-7-9-19)26(20-15-30-32(3)16-20)34(27)28(36)33-13-12-29-24(35)17-33/h5-11,14,18,20,25-26,30H,12-13,15-17H2,1-4H3,(H,29,35)/t20-,25+,26-/m0/s1. The van der Waals surface area contributed by atoms with Gasteiger partial charge in [-0.25, -0.2) is 9.80 Å². The summed E-state index contributed by atoms with van der Waals surface area (Å²) in [5.41, 5.74) is 5.15. The van der Waals surface area contributed by atoms with Crippen LogP contribution >= 0.6 is 0 Å². The maximum absolute atomic E-state index is 14.3. The van der Waals surface area contributed by atoms with Gasteiger partial charge in [-0.2, -0.15) is 0 Å². The van der Waals surface area contributed by atoms with Gasteiger partial charge in [-0.1, -0.05) is 30.3 Å². The van der Waals surface area contributed by atoms with E-state index in [0.29, 0.717) is 30.4 Å². The number of nitrogens with zero attached hydrogens (tertiary/aromatic N) is 4. The van der Waals surface area contributed by atoms with Gasteiger partial charge in [-0.15, -0.1) is 0 Å². The summed E-state index contributed by atoms with van der Waals surface area (Å²) in [5, 5.41) is 4.88. The van der Waals surface area contributed by atoms with Crippen molar-refractivity contribution in [3.8, 4) is 11.5 Å². The smallest absolute Gasteiger partial charge is 0.326 e. The van der Waals surface area contributed by atoms with Crippen molar-refractivity contribution in [1.29, 1.82) is 0 Å². The van der Waals surface area contributed by atoms with E-state index in [4.69, 9.17) is 14.5 Å². The molecule has 38 heavy (non-hydrogen) atoms. The Morgan fingerprint density at radius 3 is 2.61 bits per heavy atom. The Labute approximate surface area is 223 Å². The molecule has 2 aromatic carbocycles. The second kappa shape index (κ2) is 11.0. The molecule has 0 aliphatic carbocycles. The van der Waals surface area contributed by atoms with Gasteiger partial charge in [-0.3, -0.25) is 20.1 Å². The number of aliphatic imine (C=N–C) groups is 1. The van der Waals surface area contributed by atoms with E-state index in [9.17, 15) is 9.59 Å². The lowest BCUT2D eigenvalue weighted by molar-refractivity contribution is -0.123. The Hall–Kier alpha value is -3.63. The monoisotopic (exact) mass is 520 g/mol. The van der Waals surface area contributed by atoms with Crippen LogP contribution in [0, 0.1) is 5.92 Å². The minimum absolute atomic E-state index is 0.0200. The summed E-state index contributed by atoms with van der Waals surface area (Å²) in [5.74, 6) is 1.76. The van der Waals surface area contributed by atoms with E-state index in [1.165, 1.54) is 0 Å². The number of ether oxygens (including phenoxy) is 2.